The minimum atomic E-state index is 0.549. The lowest BCUT2D eigenvalue weighted by Crippen LogP contribution is -1.99. The molecule has 0 unspecified atom stereocenters. The van der Waals surface area contributed by atoms with E-state index in [0.29, 0.717) is 10.8 Å². The fourth-order valence-corrected chi connectivity index (χ4v) is 3.65. The molecule has 28 heavy (non-hydrogen) atoms. The van der Waals surface area contributed by atoms with E-state index in [2.05, 4.69) is 58.7 Å². The largest absolute Gasteiger partial charge is 0.495 e. The fraction of sp³-hybridized carbons (Fsp3) is 0.130. The Morgan fingerprint density at radius 1 is 1.07 bits per heavy atom. The summed E-state index contributed by atoms with van der Waals surface area (Å²) in [5.41, 5.74) is 6.23. The van der Waals surface area contributed by atoms with E-state index >= 15 is 0 Å². The lowest BCUT2D eigenvalue weighted by molar-refractivity contribution is 0.415. The summed E-state index contributed by atoms with van der Waals surface area (Å²) in [6, 6.07) is 18.0. The van der Waals surface area contributed by atoms with E-state index in [1.54, 1.807) is 13.2 Å². The number of methoxy groups -OCH3 is 1. The van der Waals surface area contributed by atoms with Crippen LogP contribution in [0.1, 0.15) is 17.0 Å². The second kappa shape index (κ2) is 7.49. The van der Waals surface area contributed by atoms with Crippen molar-refractivity contribution in [2.75, 3.05) is 7.11 Å². The van der Waals surface area contributed by atoms with E-state index in [1.807, 2.05) is 30.6 Å². The van der Waals surface area contributed by atoms with Crippen LogP contribution in [-0.2, 0) is 0 Å². The van der Waals surface area contributed by atoms with Gasteiger partial charge in [0.2, 0.25) is 0 Å². The molecule has 140 valence electrons. The Morgan fingerprint density at radius 2 is 1.93 bits per heavy atom. The molecule has 0 bridgehead atoms. The van der Waals surface area contributed by atoms with Crippen molar-refractivity contribution in [2.24, 2.45) is 4.99 Å². The van der Waals surface area contributed by atoms with Gasteiger partial charge in [-0.1, -0.05) is 17.7 Å². The van der Waals surface area contributed by atoms with Crippen LogP contribution in [-0.4, -0.2) is 22.9 Å². The lowest BCUT2D eigenvalue weighted by atomic mass is 10.2. The molecule has 4 rings (SSSR count). The predicted molar refractivity (Wildman–Crippen MR) is 116 cm³/mol. The SMILES string of the molecule is COc1ccc(N=Cc2cc(C)n(-c3ccc4ncccc4c3)c2C)cc1Cl. The van der Waals surface area contributed by atoms with Crippen molar-refractivity contribution in [3.8, 4) is 11.4 Å². The molecule has 2 aromatic heterocycles. The second-order valence-corrected chi connectivity index (χ2v) is 7.03. The van der Waals surface area contributed by atoms with Crippen LogP contribution < -0.4 is 4.74 Å². The van der Waals surface area contributed by atoms with Gasteiger partial charge in [0.05, 0.1) is 23.3 Å². The maximum absolute atomic E-state index is 6.19. The summed E-state index contributed by atoms with van der Waals surface area (Å²) >= 11 is 6.19. The Hall–Kier alpha value is -3.11. The molecule has 0 fully saturated rings. The third-order valence-electron chi connectivity index (χ3n) is 4.80. The van der Waals surface area contributed by atoms with E-state index in [0.717, 1.165) is 39.2 Å². The number of fused-ring (bicyclic) bond motifs is 1. The minimum Gasteiger partial charge on any atom is -0.495 e. The predicted octanol–water partition coefficient (Wildman–Crippen LogP) is 6.05. The molecule has 0 saturated carbocycles. The highest BCUT2D eigenvalue weighted by atomic mass is 35.5. The van der Waals surface area contributed by atoms with E-state index in [9.17, 15) is 0 Å². The van der Waals surface area contributed by atoms with E-state index < -0.39 is 0 Å². The Labute approximate surface area is 169 Å². The number of hydrogen-bond acceptors (Lipinski definition) is 3. The molecule has 0 N–H and O–H groups in total. The number of aryl methyl sites for hydroxylation is 1. The number of aliphatic imine (C=N–C) groups is 1. The van der Waals surface area contributed by atoms with E-state index in [4.69, 9.17) is 16.3 Å². The third kappa shape index (κ3) is 3.39. The first-order valence-electron chi connectivity index (χ1n) is 8.98. The number of aromatic nitrogens is 2. The summed E-state index contributed by atoms with van der Waals surface area (Å²) in [6.45, 7) is 4.20. The van der Waals surface area contributed by atoms with Crippen LogP contribution in [0.2, 0.25) is 5.02 Å². The zero-order valence-corrected chi connectivity index (χ0v) is 16.7. The van der Waals surface area contributed by atoms with Crippen LogP contribution >= 0.6 is 11.6 Å². The summed E-state index contributed by atoms with van der Waals surface area (Å²) in [5, 5.41) is 1.67. The van der Waals surface area contributed by atoms with Gasteiger partial charge in [0.1, 0.15) is 5.75 Å². The summed E-state index contributed by atoms with van der Waals surface area (Å²) in [5.74, 6) is 0.643. The molecule has 0 atom stereocenters. The quantitative estimate of drug-likeness (QED) is 0.398. The van der Waals surface area contributed by atoms with Crippen molar-refractivity contribution in [3.63, 3.8) is 0 Å². The normalized spacial score (nSPS) is 11.4. The number of hydrogen-bond donors (Lipinski definition) is 0. The first-order chi connectivity index (χ1) is 13.6. The zero-order chi connectivity index (χ0) is 19.7. The maximum Gasteiger partial charge on any atom is 0.137 e. The maximum atomic E-state index is 6.19. The first-order valence-corrected chi connectivity index (χ1v) is 9.36. The van der Waals surface area contributed by atoms with Crippen LogP contribution in [0.3, 0.4) is 0 Å². The number of ether oxygens (including phenoxy) is 1. The third-order valence-corrected chi connectivity index (χ3v) is 5.10. The molecule has 0 aliphatic rings. The average Bonchev–Trinajstić information content (AvgIpc) is 2.99. The minimum absolute atomic E-state index is 0.549. The van der Waals surface area contributed by atoms with Gasteiger partial charge in [-0.25, -0.2) is 0 Å². The topological polar surface area (TPSA) is 39.4 Å². The highest BCUT2D eigenvalue weighted by Gasteiger charge is 2.10. The number of pyridine rings is 1. The Balaban J connectivity index is 1.69. The van der Waals surface area contributed by atoms with Crippen LogP contribution in [0.4, 0.5) is 5.69 Å². The van der Waals surface area contributed by atoms with Gasteiger partial charge in [-0.3, -0.25) is 9.98 Å². The van der Waals surface area contributed by atoms with Crippen molar-refractivity contribution in [2.45, 2.75) is 13.8 Å². The fourth-order valence-electron chi connectivity index (χ4n) is 3.40. The van der Waals surface area contributed by atoms with Crippen molar-refractivity contribution in [1.29, 1.82) is 0 Å². The lowest BCUT2D eigenvalue weighted by Gasteiger charge is -2.10. The van der Waals surface area contributed by atoms with Gasteiger partial charge < -0.3 is 9.30 Å². The number of benzene rings is 2. The monoisotopic (exact) mass is 389 g/mol. The van der Waals surface area contributed by atoms with Crippen LogP contribution in [0, 0.1) is 13.8 Å². The molecule has 5 heteroatoms. The first kappa shape index (κ1) is 18.3. The molecule has 0 radical (unpaired) electrons. The summed E-state index contributed by atoms with van der Waals surface area (Å²) in [4.78, 5) is 8.98. The molecule has 0 amide bonds. The van der Waals surface area contributed by atoms with Crippen LogP contribution in [0.25, 0.3) is 16.6 Å². The molecule has 2 aromatic carbocycles. The highest BCUT2D eigenvalue weighted by molar-refractivity contribution is 6.32. The second-order valence-electron chi connectivity index (χ2n) is 6.62. The number of halogens is 1. The van der Waals surface area contributed by atoms with Gasteiger partial charge >= 0.3 is 0 Å². The molecule has 4 aromatic rings. The van der Waals surface area contributed by atoms with Gasteiger partial charge in [-0.05, 0) is 62.4 Å². The van der Waals surface area contributed by atoms with Crippen molar-refractivity contribution in [1.82, 2.24) is 9.55 Å². The molecular formula is C23H20ClN3O. The van der Waals surface area contributed by atoms with Gasteiger partial charge in [-0.15, -0.1) is 0 Å². The van der Waals surface area contributed by atoms with Crippen LogP contribution in [0.15, 0.2) is 65.8 Å². The summed E-state index contributed by atoms with van der Waals surface area (Å²) in [7, 11) is 1.60. The smallest absolute Gasteiger partial charge is 0.137 e. The van der Waals surface area contributed by atoms with E-state index in [1.165, 1.54) is 0 Å². The molecule has 0 spiro atoms. The van der Waals surface area contributed by atoms with Gasteiger partial charge in [-0.2, -0.15) is 0 Å². The standard InChI is InChI=1S/C23H20ClN3O/c1-15-11-18(14-26-19-6-9-23(28-3)21(24)13-19)16(2)27(15)20-7-8-22-17(12-20)5-4-10-25-22/h4-14H,1-3H3. The molecule has 2 heterocycles. The summed E-state index contributed by atoms with van der Waals surface area (Å²) in [6.07, 6.45) is 3.69. The van der Waals surface area contributed by atoms with Crippen molar-refractivity contribution >= 4 is 34.4 Å². The molecule has 0 aliphatic heterocycles. The molecule has 0 aliphatic carbocycles. The van der Waals surface area contributed by atoms with Crippen LogP contribution in [0.5, 0.6) is 5.75 Å². The zero-order valence-electron chi connectivity index (χ0n) is 16.0. The Bertz CT molecular complexity index is 1190. The van der Waals surface area contributed by atoms with Crippen molar-refractivity contribution < 1.29 is 4.74 Å². The molecule has 0 saturated heterocycles. The van der Waals surface area contributed by atoms with Gasteiger partial charge in [0.15, 0.2) is 0 Å². The van der Waals surface area contributed by atoms with Gasteiger partial charge in [0, 0.05) is 40.4 Å². The van der Waals surface area contributed by atoms with E-state index in [-0.39, 0.29) is 0 Å². The number of nitrogens with zero attached hydrogens (tertiary/aromatic N) is 3. The Kier molecular flexibility index (Phi) is 4.88. The summed E-state index contributed by atoms with van der Waals surface area (Å²) < 4.78 is 7.42. The Morgan fingerprint density at radius 3 is 2.71 bits per heavy atom. The molecular weight excluding hydrogens is 370 g/mol. The highest BCUT2D eigenvalue weighted by Crippen LogP contribution is 2.29. The molecule has 4 nitrogen and oxygen atoms in total. The van der Waals surface area contributed by atoms with Crippen molar-refractivity contribution in [3.05, 3.63) is 82.8 Å². The average molecular weight is 390 g/mol. The number of rotatable bonds is 4. The van der Waals surface area contributed by atoms with Gasteiger partial charge in [0.25, 0.3) is 0 Å².